The van der Waals surface area contributed by atoms with E-state index in [1.54, 1.807) is 56.0 Å². The SMILES string of the molecule is COc1ccc(OCC(=O)Nc2ccc(-n3cncn3)nc2)cc1. The molecule has 0 unspecified atom stereocenters. The number of pyridine rings is 1. The standard InChI is InChI=1S/C16H15N5O3/c1-23-13-3-5-14(6-4-13)24-9-16(22)20-12-2-7-15(18-8-12)21-11-17-10-19-21/h2-8,10-11H,9H2,1H3,(H,20,22). The van der Waals surface area contributed by atoms with Crippen molar-refractivity contribution in [3.63, 3.8) is 0 Å². The Hall–Kier alpha value is -3.42. The van der Waals surface area contributed by atoms with Crippen LogP contribution in [0.1, 0.15) is 0 Å². The Balaban J connectivity index is 1.52. The average Bonchev–Trinajstić information content (AvgIpc) is 3.16. The molecule has 0 aliphatic rings. The highest BCUT2D eigenvalue weighted by atomic mass is 16.5. The zero-order valence-corrected chi connectivity index (χ0v) is 12.9. The largest absolute Gasteiger partial charge is 0.497 e. The van der Waals surface area contributed by atoms with E-state index in [0.29, 0.717) is 17.3 Å². The smallest absolute Gasteiger partial charge is 0.262 e. The van der Waals surface area contributed by atoms with E-state index in [1.807, 2.05) is 0 Å². The number of ether oxygens (including phenoxy) is 2. The van der Waals surface area contributed by atoms with Crippen molar-refractivity contribution in [2.24, 2.45) is 0 Å². The maximum absolute atomic E-state index is 11.9. The van der Waals surface area contributed by atoms with Gasteiger partial charge in [-0.25, -0.2) is 14.6 Å². The fourth-order valence-corrected chi connectivity index (χ4v) is 1.94. The quantitative estimate of drug-likeness (QED) is 0.741. The van der Waals surface area contributed by atoms with E-state index in [9.17, 15) is 4.79 Å². The molecule has 0 saturated heterocycles. The average molecular weight is 325 g/mol. The molecule has 0 atom stereocenters. The second-order valence-electron chi connectivity index (χ2n) is 4.76. The van der Waals surface area contributed by atoms with Crippen LogP contribution in [-0.2, 0) is 4.79 Å². The number of anilines is 1. The van der Waals surface area contributed by atoms with Crippen LogP contribution >= 0.6 is 0 Å². The molecule has 3 rings (SSSR count). The molecule has 1 N–H and O–H groups in total. The topological polar surface area (TPSA) is 91.2 Å². The molecule has 0 bridgehead atoms. The number of nitrogens with zero attached hydrogens (tertiary/aromatic N) is 4. The molecule has 24 heavy (non-hydrogen) atoms. The summed E-state index contributed by atoms with van der Waals surface area (Å²) in [5, 5.41) is 6.69. The highest BCUT2D eigenvalue weighted by molar-refractivity contribution is 5.91. The number of hydrogen-bond acceptors (Lipinski definition) is 6. The number of aromatic nitrogens is 4. The van der Waals surface area contributed by atoms with E-state index in [0.717, 1.165) is 5.75 Å². The summed E-state index contributed by atoms with van der Waals surface area (Å²) in [6, 6.07) is 10.5. The minimum atomic E-state index is -0.277. The number of rotatable bonds is 6. The van der Waals surface area contributed by atoms with Crippen LogP contribution in [-0.4, -0.2) is 39.4 Å². The Morgan fingerprint density at radius 1 is 1.17 bits per heavy atom. The minimum Gasteiger partial charge on any atom is -0.497 e. The number of benzene rings is 1. The van der Waals surface area contributed by atoms with Gasteiger partial charge in [0, 0.05) is 0 Å². The molecule has 2 heterocycles. The number of methoxy groups -OCH3 is 1. The van der Waals surface area contributed by atoms with Gasteiger partial charge < -0.3 is 14.8 Å². The summed E-state index contributed by atoms with van der Waals surface area (Å²) in [6.07, 6.45) is 4.51. The van der Waals surface area contributed by atoms with Crippen molar-refractivity contribution in [2.45, 2.75) is 0 Å². The van der Waals surface area contributed by atoms with E-state index in [1.165, 1.54) is 11.0 Å². The van der Waals surface area contributed by atoms with E-state index >= 15 is 0 Å². The molecule has 3 aromatic rings. The Morgan fingerprint density at radius 2 is 1.96 bits per heavy atom. The Labute approximate surface area is 138 Å². The molecule has 0 aliphatic heterocycles. The van der Waals surface area contributed by atoms with Gasteiger partial charge in [0.05, 0.1) is 19.0 Å². The Morgan fingerprint density at radius 3 is 2.58 bits per heavy atom. The fourth-order valence-electron chi connectivity index (χ4n) is 1.94. The van der Waals surface area contributed by atoms with Gasteiger partial charge in [-0.15, -0.1) is 0 Å². The van der Waals surface area contributed by atoms with E-state index in [-0.39, 0.29) is 12.5 Å². The van der Waals surface area contributed by atoms with Crippen LogP contribution in [0.5, 0.6) is 11.5 Å². The molecule has 8 heteroatoms. The summed E-state index contributed by atoms with van der Waals surface area (Å²) >= 11 is 0. The van der Waals surface area contributed by atoms with Crippen molar-refractivity contribution in [3.8, 4) is 17.3 Å². The van der Waals surface area contributed by atoms with Gasteiger partial charge in [-0.1, -0.05) is 0 Å². The summed E-state index contributed by atoms with van der Waals surface area (Å²) in [5.74, 6) is 1.65. The van der Waals surface area contributed by atoms with Crippen molar-refractivity contribution >= 4 is 11.6 Å². The van der Waals surface area contributed by atoms with Crippen LogP contribution in [0, 0.1) is 0 Å². The lowest BCUT2D eigenvalue weighted by Gasteiger charge is -2.08. The molecule has 0 aliphatic carbocycles. The van der Waals surface area contributed by atoms with Gasteiger partial charge in [0.2, 0.25) is 0 Å². The zero-order chi connectivity index (χ0) is 16.8. The van der Waals surface area contributed by atoms with Crippen LogP contribution in [0.25, 0.3) is 5.82 Å². The van der Waals surface area contributed by atoms with Crippen LogP contribution in [0.15, 0.2) is 55.2 Å². The van der Waals surface area contributed by atoms with Gasteiger partial charge in [-0.2, -0.15) is 5.10 Å². The van der Waals surface area contributed by atoms with E-state index in [4.69, 9.17) is 9.47 Å². The first-order valence-corrected chi connectivity index (χ1v) is 7.12. The molecule has 0 saturated carbocycles. The van der Waals surface area contributed by atoms with E-state index < -0.39 is 0 Å². The summed E-state index contributed by atoms with van der Waals surface area (Å²) < 4.78 is 12.0. The van der Waals surface area contributed by atoms with Crippen molar-refractivity contribution in [3.05, 3.63) is 55.2 Å². The molecular weight excluding hydrogens is 310 g/mol. The molecular formula is C16H15N5O3. The summed E-state index contributed by atoms with van der Waals surface area (Å²) in [7, 11) is 1.59. The third-order valence-electron chi connectivity index (χ3n) is 3.11. The van der Waals surface area contributed by atoms with Crippen molar-refractivity contribution in [1.29, 1.82) is 0 Å². The predicted octanol–water partition coefficient (Wildman–Crippen LogP) is 1.69. The highest BCUT2D eigenvalue weighted by Crippen LogP contribution is 2.17. The number of carbonyl (C=O) groups excluding carboxylic acids is 1. The number of carbonyl (C=O) groups is 1. The Kier molecular flexibility index (Phi) is 4.66. The third kappa shape index (κ3) is 3.86. The lowest BCUT2D eigenvalue weighted by molar-refractivity contribution is -0.118. The van der Waals surface area contributed by atoms with Gasteiger partial charge in [-0.3, -0.25) is 4.79 Å². The monoisotopic (exact) mass is 325 g/mol. The van der Waals surface area contributed by atoms with Gasteiger partial charge in [0.25, 0.3) is 5.91 Å². The maximum atomic E-state index is 11.9. The van der Waals surface area contributed by atoms with Crippen molar-refractivity contribution in [1.82, 2.24) is 19.7 Å². The van der Waals surface area contributed by atoms with Crippen LogP contribution in [0.4, 0.5) is 5.69 Å². The third-order valence-corrected chi connectivity index (χ3v) is 3.11. The van der Waals surface area contributed by atoms with Crippen LogP contribution in [0.3, 0.4) is 0 Å². The first kappa shape index (κ1) is 15.5. The first-order valence-electron chi connectivity index (χ1n) is 7.12. The second-order valence-corrected chi connectivity index (χ2v) is 4.76. The second kappa shape index (κ2) is 7.23. The van der Waals surface area contributed by atoms with Gasteiger partial charge in [0.15, 0.2) is 12.4 Å². The molecule has 8 nitrogen and oxygen atoms in total. The number of amides is 1. The van der Waals surface area contributed by atoms with Crippen LogP contribution in [0.2, 0.25) is 0 Å². The van der Waals surface area contributed by atoms with Crippen molar-refractivity contribution in [2.75, 3.05) is 19.0 Å². The normalized spacial score (nSPS) is 10.2. The number of nitrogens with one attached hydrogen (secondary N) is 1. The fraction of sp³-hybridized carbons (Fsp3) is 0.125. The first-order chi connectivity index (χ1) is 11.7. The van der Waals surface area contributed by atoms with Crippen molar-refractivity contribution < 1.29 is 14.3 Å². The van der Waals surface area contributed by atoms with Gasteiger partial charge in [-0.05, 0) is 36.4 Å². The van der Waals surface area contributed by atoms with Gasteiger partial charge in [0.1, 0.15) is 24.2 Å². The summed E-state index contributed by atoms with van der Waals surface area (Å²) in [4.78, 5) is 20.0. The maximum Gasteiger partial charge on any atom is 0.262 e. The molecule has 0 radical (unpaired) electrons. The lowest BCUT2D eigenvalue weighted by Crippen LogP contribution is -2.20. The molecule has 1 amide bonds. The molecule has 0 spiro atoms. The minimum absolute atomic E-state index is 0.100. The molecule has 0 fully saturated rings. The lowest BCUT2D eigenvalue weighted by atomic mass is 10.3. The molecule has 2 aromatic heterocycles. The zero-order valence-electron chi connectivity index (χ0n) is 12.9. The molecule has 1 aromatic carbocycles. The Bertz CT molecular complexity index is 786. The summed E-state index contributed by atoms with van der Waals surface area (Å²) in [5.41, 5.74) is 0.571. The van der Waals surface area contributed by atoms with Gasteiger partial charge >= 0.3 is 0 Å². The predicted molar refractivity (Wildman–Crippen MR) is 86.3 cm³/mol. The van der Waals surface area contributed by atoms with Crippen LogP contribution < -0.4 is 14.8 Å². The number of hydrogen-bond donors (Lipinski definition) is 1. The molecule has 122 valence electrons. The van der Waals surface area contributed by atoms with E-state index in [2.05, 4.69) is 20.4 Å². The summed E-state index contributed by atoms with van der Waals surface area (Å²) in [6.45, 7) is -0.100. The highest BCUT2D eigenvalue weighted by Gasteiger charge is 2.05.